The second-order valence-electron chi connectivity index (χ2n) is 5.00. The Morgan fingerprint density at radius 1 is 1.30 bits per heavy atom. The number of benzene rings is 1. The third-order valence-electron chi connectivity index (χ3n) is 3.19. The van der Waals surface area contributed by atoms with Crippen LogP contribution in [0.25, 0.3) is 11.3 Å². The van der Waals surface area contributed by atoms with Crippen LogP contribution < -0.4 is 5.63 Å². The molecule has 23 heavy (non-hydrogen) atoms. The molecule has 3 aromatic rings. The van der Waals surface area contributed by atoms with Gasteiger partial charge in [-0.3, -0.25) is 4.99 Å². The maximum absolute atomic E-state index is 11.7. The molecule has 0 aliphatic carbocycles. The maximum atomic E-state index is 11.7. The van der Waals surface area contributed by atoms with Gasteiger partial charge in [0.15, 0.2) is 0 Å². The first kappa shape index (κ1) is 15.2. The molecule has 0 unspecified atom stereocenters. The average Bonchev–Trinajstić information content (AvgIpc) is 2.93. The lowest BCUT2D eigenvalue weighted by molar-refractivity contribution is 0.433. The highest BCUT2D eigenvalue weighted by Gasteiger charge is 2.07. The zero-order valence-corrected chi connectivity index (χ0v) is 13.4. The second kappa shape index (κ2) is 6.18. The molecule has 0 saturated heterocycles. The van der Waals surface area contributed by atoms with Crippen LogP contribution in [0.4, 0.5) is 5.69 Å². The van der Waals surface area contributed by atoms with Crippen molar-refractivity contribution in [2.24, 2.45) is 4.99 Å². The Hall–Kier alpha value is -2.73. The Morgan fingerprint density at radius 3 is 2.83 bits per heavy atom. The Morgan fingerprint density at radius 2 is 2.13 bits per heavy atom. The maximum Gasteiger partial charge on any atom is 0.348 e. The zero-order valence-electron chi connectivity index (χ0n) is 12.6. The Balaban J connectivity index is 1.93. The normalized spacial score (nSPS) is 11.2. The number of hydrogen-bond acceptors (Lipinski definition) is 6. The number of aromatic nitrogens is 1. The highest BCUT2D eigenvalue weighted by atomic mass is 32.1. The van der Waals surface area contributed by atoms with Crippen molar-refractivity contribution in [2.75, 3.05) is 0 Å². The molecule has 0 bridgehead atoms. The Labute approximate surface area is 136 Å². The minimum atomic E-state index is -0.613. The van der Waals surface area contributed by atoms with Crippen molar-refractivity contribution in [3.05, 3.63) is 62.5 Å². The molecule has 0 aliphatic rings. The first-order valence-electron chi connectivity index (χ1n) is 6.93. The van der Waals surface area contributed by atoms with E-state index in [0.717, 1.165) is 16.3 Å². The average molecular weight is 326 g/mol. The van der Waals surface area contributed by atoms with Crippen LogP contribution >= 0.6 is 11.3 Å². The summed E-state index contributed by atoms with van der Waals surface area (Å²) in [6.45, 7) is 3.55. The SMILES string of the molecule is Cc1cc(O)c(C=Nc2cccc(-c3csc(C)n3)c2)c(=O)o1. The molecule has 2 aromatic heterocycles. The minimum Gasteiger partial charge on any atom is -0.507 e. The van der Waals surface area contributed by atoms with Gasteiger partial charge in [-0.1, -0.05) is 12.1 Å². The van der Waals surface area contributed by atoms with E-state index in [0.29, 0.717) is 11.4 Å². The summed E-state index contributed by atoms with van der Waals surface area (Å²) in [6.07, 6.45) is 1.31. The van der Waals surface area contributed by atoms with Crippen LogP contribution in [0.1, 0.15) is 16.3 Å². The molecule has 0 spiro atoms. The van der Waals surface area contributed by atoms with Crippen LogP contribution in [0, 0.1) is 13.8 Å². The van der Waals surface area contributed by atoms with Crippen molar-refractivity contribution in [1.29, 1.82) is 0 Å². The number of hydrogen-bond donors (Lipinski definition) is 1. The molecule has 0 saturated carbocycles. The van der Waals surface area contributed by atoms with E-state index in [1.807, 2.05) is 36.6 Å². The summed E-state index contributed by atoms with van der Waals surface area (Å²) in [6, 6.07) is 8.89. The summed E-state index contributed by atoms with van der Waals surface area (Å²) in [5.41, 5.74) is 1.92. The van der Waals surface area contributed by atoms with Crippen molar-refractivity contribution < 1.29 is 9.52 Å². The summed E-state index contributed by atoms with van der Waals surface area (Å²) < 4.78 is 4.96. The standard InChI is InChI=1S/C17H14N2O3S/c1-10-6-16(20)14(17(21)22-10)8-18-13-5-3-4-12(7-13)15-9-23-11(2)19-15/h3-9,20H,1-2H3. The van der Waals surface area contributed by atoms with E-state index in [1.165, 1.54) is 12.3 Å². The topological polar surface area (TPSA) is 75.7 Å². The minimum absolute atomic E-state index is 0.0329. The van der Waals surface area contributed by atoms with Gasteiger partial charge in [0.2, 0.25) is 0 Å². The van der Waals surface area contributed by atoms with Crippen molar-refractivity contribution in [2.45, 2.75) is 13.8 Å². The first-order chi connectivity index (χ1) is 11.0. The predicted octanol–water partition coefficient (Wildman–Crippen LogP) is 3.84. The second-order valence-corrected chi connectivity index (χ2v) is 6.07. The molecule has 6 heteroatoms. The van der Waals surface area contributed by atoms with Crippen molar-refractivity contribution >= 4 is 23.2 Å². The number of nitrogens with zero attached hydrogens (tertiary/aromatic N) is 2. The lowest BCUT2D eigenvalue weighted by atomic mass is 10.1. The summed E-state index contributed by atoms with van der Waals surface area (Å²) in [4.78, 5) is 20.4. The van der Waals surface area contributed by atoms with Gasteiger partial charge < -0.3 is 9.52 Å². The fourth-order valence-electron chi connectivity index (χ4n) is 2.10. The summed E-state index contributed by atoms with van der Waals surface area (Å²) in [5.74, 6) is 0.208. The van der Waals surface area contributed by atoms with Crippen LogP contribution in [0.3, 0.4) is 0 Å². The van der Waals surface area contributed by atoms with E-state index < -0.39 is 5.63 Å². The summed E-state index contributed by atoms with van der Waals surface area (Å²) in [7, 11) is 0. The number of aliphatic imine (C=N–C) groups is 1. The number of thiazole rings is 1. The van der Waals surface area contributed by atoms with E-state index in [9.17, 15) is 9.90 Å². The molecule has 1 N–H and O–H groups in total. The molecule has 0 fully saturated rings. The quantitative estimate of drug-likeness (QED) is 0.742. The highest BCUT2D eigenvalue weighted by Crippen LogP contribution is 2.25. The molecular formula is C17H14N2O3S. The fraction of sp³-hybridized carbons (Fsp3) is 0.118. The molecule has 0 radical (unpaired) electrons. The molecule has 5 nitrogen and oxygen atoms in total. The number of aryl methyl sites for hydroxylation is 2. The zero-order chi connectivity index (χ0) is 16.4. The van der Waals surface area contributed by atoms with Crippen LogP contribution in [0.15, 0.2) is 49.9 Å². The largest absolute Gasteiger partial charge is 0.507 e. The summed E-state index contributed by atoms with van der Waals surface area (Å²) >= 11 is 1.58. The molecular weight excluding hydrogens is 312 g/mol. The van der Waals surface area contributed by atoms with Crippen LogP contribution in [0.5, 0.6) is 5.75 Å². The van der Waals surface area contributed by atoms with Crippen molar-refractivity contribution in [3.8, 4) is 17.0 Å². The molecule has 0 aliphatic heterocycles. The van der Waals surface area contributed by atoms with Gasteiger partial charge in [-0.25, -0.2) is 9.78 Å². The van der Waals surface area contributed by atoms with Crippen molar-refractivity contribution in [1.82, 2.24) is 4.98 Å². The van der Waals surface area contributed by atoms with Gasteiger partial charge in [-0.05, 0) is 26.0 Å². The Bertz CT molecular complexity index is 941. The molecule has 0 atom stereocenters. The molecule has 0 amide bonds. The van der Waals surface area contributed by atoms with Gasteiger partial charge in [0.05, 0.1) is 16.4 Å². The molecule has 1 aromatic carbocycles. The third kappa shape index (κ3) is 3.37. The lowest BCUT2D eigenvalue weighted by Crippen LogP contribution is -2.07. The van der Waals surface area contributed by atoms with Gasteiger partial charge in [0, 0.05) is 23.2 Å². The van der Waals surface area contributed by atoms with E-state index >= 15 is 0 Å². The van der Waals surface area contributed by atoms with Gasteiger partial charge >= 0.3 is 5.63 Å². The molecule has 116 valence electrons. The van der Waals surface area contributed by atoms with Gasteiger partial charge in [-0.2, -0.15) is 0 Å². The number of aromatic hydroxyl groups is 1. The van der Waals surface area contributed by atoms with E-state index in [1.54, 1.807) is 18.3 Å². The molecule has 2 heterocycles. The van der Waals surface area contributed by atoms with Gasteiger partial charge in [-0.15, -0.1) is 11.3 Å². The van der Waals surface area contributed by atoms with Gasteiger partial charge in [0.25, 0.3) is 0 Å². The van der Waals surface area contributed by atoms with E-state index in [-0.39, 0.29) is 11.3 Å². The third-order valence-corrected chi connectivity index (χ3v) is 3.97. The smallest absolute Gasteiger partial charge is 0.348 e. The van der Waals surface area contributed by atoms with Crippen molar-refractivity contribution in [3.63, 3.8) is 0 Å². The highest BCUT2D eigenvalue weighted by molar-refractivity contribution is 7.09. The van der Waals surface area contributed by atoms with Crippen LogP contribution in [0.2, 0.25) is 0 Å². The number of rotatable bonds is 3. The predicted molar refractivity (Wildman–Crippen MR) is 90.9 cm³/mol. The Kier molecular flexibility index (Phi) is 4.08. The summed E-state index contributed by atoms with van der Waals surface area (Å²) in [5, 5.41) is 12.8. The van der Waals surface area contributed by atoms with E-state index in [4.69, 9.17) is 4.42 Å². The molecule has 3 rings (SSSR count). The van der Waals surface area contributed by atoms with Crippen LogP contribution in [-0.2, 0) is 0 Å². The van der Waals surface area contributed by atoms with Crippen LogP contribution in [-0.4, -0.2) is 16.3 Å². The van der Waals surface area contributed by atoms with E-state index in [2.05, 4.69) is 9.98 Å². The van der Waals surface area contributed by atoms with Gasteiger partial charge in [0.1, 0.15) is 17.1 Å². The fourth-order valence-corrected chi connectivity index (χ4v) is 2.73. The first-order valence-corrected chi connectivity index (χ1v) is 7.81. The monoisotopic (exact) mass is 326 g/mol. The lowest BCUT2D eigenvalue weighted by Gasteiger charge is -2.00.